The normalized spacial score (nSPS) is 39.8. The van der Waals surface area contributed by atoms with E-state index >= 15 is 0 Å². The second-order valence-corrected chi connectivity index (χ2v) is 3.70. The zero-order valence-electron chi connectivity index (χ0n) is 4.95. The van der Waals surface area contributed by atoms with Crippen molar-refractivity contribution < 1.29 is 0 Å². The van der Waals surface area contributed by atoms with E-state index < -0.39 is 0 Å². The molecule has 0 aromatic carbocycles. The van der Waals surface area contributed by atoms with Gasteiger partial charge in [-0.05, 0) is 6.92 Å². The molecule has 2 atom stereocenters. The Morgan fingerprint density at radius 2 is 2.25 bits per heavy atom. The average Bonchev–Trinajstić information content (AvgIpc) is 1.64. The van der Waals surface area contributed by atoms with Crippen molar-refractivity contribution in [1.82, 2.24) is 10.6 Å². The topological polar surface area (TPSA) is 24.1 Å². The van der Waals surface area contributed by atoms with Crippen LogP contribution in [0.2, 0.25) is 0 Å². The average molecular weight is 226 g/mol. The molecule has 0 spiro atoms. The van der Waals surface area contributed by atoms with Gasteiger partial charge in [-0.2, -0.15) is 0 Å². The van der Waals surface area contributed by atoms with E-state index in [1.807, 2.05) is 0 Å². The Hall–Kier alpha value is 0.650. The molecule has 2 N–H and O–H groups in total. The zero-order valence-corrected chi connectivity index (χ0v) is 7.10. The van der Waals surface area contributed by atoms with Gasteiger partial charge in [-0.15, -0.1) is 0 Å². The van der Waals surface area contributed by atoms with Gasteiger partial charge in [-0.25, -0.2) is 0 Å². The van der Waals surface area contributed by atoms with Crippen molar-refractivity contribution in [1.29, 1.82) is 0 Å². The lowest BCUT2D eigenvalue weighted by Gasteiger charge is -2.25. The maximum atomic E-state index is 3.40. The van der Waals surface area contributed by atoms with Crippen LogP contribution in [0.3, 0.4) is 0 Å². The van der Waals surface area contributed by atoms with E-state index in [1.165, 1.54) is 0 Å². The van der Waals surface area contributed by atoms with E-state index in [1.54, 1.807) is 0 Å². The molecule has 1 saturated heterocycles. The summed E-state index contributed by atoms with van der Waals surface area (Å²) < 4.78 is 0.622. The van der Waals surface area contributed by atoms with Crippen molar-refractivity contribution in [2.45, 2.75) is 17.0 Å². The van der Waals surface area contributed by atoms with Crippen molar-refractivity contribution in [3.8, 4) is 0 Å². The lowest BCUT2D eigenvalue weighted by Crippen LogP contribution is -2.50. The van der Waals surface area contributed by atoms with Gasteiger partial charge in [0, 0.05) is 19.1 Å². The minimum absolute atomic E-state index is 0.622. The smallest absolute Gasteiger partial charge is 0.0722 e. The van der Waals surface area contributed by atoms with Gasteiger partial charge in [-0.3, -0.25) is 0 Å². The summed E-state index contributed by atoms with van der Waals surface area (Å²) in [6.07, 6.45) is 0. The van der Waals surface area contributed by atoms with Crippen LogP contribution < -0.4 is 10.6 Å². The SMILES string of the molecule is C[C@@H]1CNC[C@H](I)N1. The van der Waals surface area contributed by atoms with Gasteiger partial charge in [0.25, 0.3) is 0 Å². The van der Waals surface area contributed by atoms with Gasteiger partial charge in [0.2, 0.25) is 0 Å². The predicted octanol–water partition coefficient (Wildman–Crippen LogP) is 0.329. The standard InChI is InChI=1S/C5H11IN2/c1-4-2-7-3-5(6)8-4/h4-5,7-8H,2-3H2,1H3/t4-,5-/m1/s1. The fraction of sp³-hybridized carbons (Fsp3) is 1.00. The first-order valence-electron chi connectivity index (χ1n) is 2.90. The zero-order chi connectivity index (χ0) is 5.98. The van der Waals surface area contributed by atoms with E-state index in [0.29, 0.717) is 10.1 Å². The van der Waals surface area contributed by atoms with E-state index in [0.717, 1.165) is 13.1 Å². The summed E-state index contributed by atoms with van der Waals surface area (Å²) in [5.74, 6) is 0. The molecule has 1 fully saturated rings. The van der Waals surface area contributed by atoms with Crippen LogP contribution in [0.1, 0.15) is 6.92 Å². The summed E-state index contributed by atoms with van der Waals surface area (Å²) in [5.41, 5.74) is 0. The molecule has 1 rings (SSSR count). The van der Waals surface area contributed by atoms with Crippen LogP contribution in [-0.4, -0.2) is 23.2 Å². The monoisotopic (exact) mass is 226 g/mol. The van der Waals surface area contributed by atoms with Gasteiger partial charge >= 0.3 is 0 Å². The molecule has 0 amide bonds. The van der Waals surface area contributed by atoms with Gasteiger partial charge < -0.3 is 10.6 Å². The Kier molecular flexibility index (Phi) is 2.52. The second-order valence-electron chi connectivity index (χ2n) is 2.19. The highest BCUT2D eigenvalue weighted by molar-refractivity contribution is 14.1. The number of piperazine rings is 1. The minimum atomic E-state index is 0.622. The van der Waals surface area contributed by atoms with E-state index in [-0.39, 0.29) is 0 Å². The Morgan fingerprint density at radius 3 is 2.62 bits per heavy atom. The molecular formula is C5H11IN2. The maximum absolute atomic E-state index is 3.40. The summed E-state index contributed by atoms with van der Waals surface area (Å²) in [4.78, 5) is 0. The lowest BCUT2D eigenvalue weighted by atomic mass is 10.3. The minimum Gasteiger partial charge on any atom is -0.313 e. The van der Waals surface area contributed by atoms with Crippen molar-refractivity contribution >= 4 is 22.6 Å². The third-order valence-electron chi connectivity index (χ3n) is 1.24. The number of rotatable bonds is 0. The number of hydrogen-bond donors (Lipinski definition) is 2. The van der Waals surface area contributed by atoms with E-state index in [9.17, 15) is 0 Å². The largest absolute Gasteiger partial charge is 0.313 e. The van der Waals surface area contributed by atoms with Crippen LogP contribution in [0, 0.1) is 0 Å². The third-order valence-corrected chi connectivity index (χ3v) is 2.04. The highest BCUT2D eigenvalue weighted by Crippen LogP contribution is 1.99. The second kappa shape index (κ2) is 2.98. The highest BCUT2D eigenvalue weighted by Gasteiger charge is 2.12. The van der Waals surface area contributed by atoms with Gasteiger partial charge in [0.15, 0.2) is 0 Å². The van der Waals surface area contributed by atoms with Gasteiger partial charge in [-0.1, -0.05) is 22.6 Å². The van der Waals surface area contributed by atoms with E-state index in [4.69, 9.17) is 0 Å². The molecule has 1 heterocycles. The van der Waals surface area contributed by atoms with Crippen molar-refractivity contribution in [3.63, 3.8) is 0 Å². The molecule has 0 aromatic rings. The van der Waals surface area contributed by atoms with Gasteiger partial charge in [0.05, 0.1) is 4.05 Å². The third kappa shape index (κ3) is 1.87. The summed E-state index contributed by atoms with van der Waals surface area (Å²) in [5, 5.41) is 6.72. The summed E-state index contributed by atoms with van der Waals surface area (Å²) in [6.45, 7) is 4.40. The van der Waals surface area contributed by atoms with Crippen molar-refractivity contribution in [3.05, 3.63) is 0 Å². The first-order valence-corrected chi connectivity index (χ1v) is 4.14. The van der Waals surface area contributed by atoms with Crippen LogP contribution in [-0.2, 0) is 0 Å². The molecular weight excluding hydrogens is 215 g/mol. The van der Waals surface area contributed by atoms with Crippen LogP contribution in [0.15, 0.2) is 0 Å². The molecule has 0 aromatic heterocycles. The molecule has 0 unspecified atom stereocenters. The number of hydrogen-bond acceptors (Lipinski definition) is 2. The first-order chi connectivity index (χ1) is 3.79. The van der Waals surface area contributed by atoms with E-state index in [2.05, 4.69) is 40.1 Å². The molecule has 3 heteroatoms. The molecule has 0 saturated carbocycles. The molecule has 0 bridgehead atoms. The molecule has 8 heavy (non-hydrogen) atoms. The number of halogens is 1. The van der Waals surface area contributed by atoms with Gasteiger partial charge in [0.1, 0.15) is 0 Å². The maximum Gasteiger partial charge on any atom is 0.0722 e. The summed E-state index contributed by atoms with van der Waals surface area (Å²) >= 11 is 2.40. The Bertz CT molecular complexity index is 68.8. The molecule has 1 aliphatic rings. The predicted molar refractivity (Wildman–Crippen MR) is 43.3 cm³/mol. The number of alkyl halides is 1. The number of nitrogens with one attached hydrogen (secondary N) is 2. The summed E-state index contributed by atoms with van der Waals surface area (Å²) in [7, 11) is 0. The fourth-order valence-corrected chi connectivity index (χ4v) is 1.78. The van der Waals surface area contributed by atoms with Crippen molar-refractivity contribution in [2.24, 2.45) is 0 Å². The quantitative estimate of drug-likeness (QED) is 0.353. The summed E-state index contributed by atoms with van der Waals surface area (Å²) in [6, 6.07) is 0.644. The van der Waals surface area contributed by atoms with Crippen LogP contribution in [0.4, 0.5) is 0 Å². The molecule has 2 nitrogen and oxygen atoms in total. The highest BCUT2D eigenvalue weighted by atomic mass is 127. The molecule has 1 aliphatic heterocycles. The van der Waals surface area contributed by atoms with Crippen LogP contribution in [0.5, 0.6) is 0 Å². The van der Waals surface area contributed by atoms with Crippen LogP contribution >= 0.6 is 22.6 Å². The molecule has 0 radical (unpaired) electrons. The first kappa shape index (κ1) is 6.77. The Labute approximate surface area is 63.6 Å². The Balaban J connectivity index is 2.23. The van der Waals surface area contributed by atoms with Crippen LogP contribution in [0.25, 0.3) is 0 Å². The molecule has 0 aliphatic carbocycles. The fourth-order valence-electron chi connectivity index (χ4n) is 0.853. The lowest BCUT2D eigenvalue weighted by molar-refractivity contribution is 0.431. The Morgan fingerprint density at radius 1 is 1.50 bits per heavy atom. The molecule has 48 valence electrons. The van der Waals surface area contributed by atoms with Crippen molar-refractivity contribution in [2.75, 3.05) is 13.1 Å².